The molecule has 2 aromatic heterocycles. The molecular weight excluding hydrogens is 433 g/mol. The van der Waals surface area contributed by atoms with E-state index in [4.69, 9.17) is 4.52 Å². The van der Waals surface area contributed by atoms with Crippen molar-refractivity contribution in [2.24, 2.45) is 5.92 Å². The second kappa shape index (κ2) is 10.1. The van der Waals surface area contributed by atoms with Crippen molar-refractivity contribution in [3.05, 3.63) is 46.7 Å². The largest absolute Gasteiger partial charge is 0.356 e. The van der Waals surface area contributed by atoms with Gasteiger partial charge in [0.15, 0.2) is 5.58 Å². The third kappa shape index (κ3) is 5.87. The summed E-state index contributed by atoms with van der Waals surface area (Å²) in [7, 11) is 0. The molecule has 0 bridgehead atoms. The quantitative estimate of drug-likeness (QED) is 0.463. The zero-order chi connectivity index (χ0) is 21.8. The number of nitrogens with zero attached hydrogens (tertiary/aromatic N) is 2. The first-order valence-electron chi connectivity index (χ1n) is 10.7. The van der Waals surface area contributed by atoms with E-state index in [1.165, 1.54) is 21.2 Å². The van der Waals surface area contributed by atoms with Crippen LogP contribution in [0.15, 0.2) is 39.1 Å². The fourth-order valence-corrected chi connectivity index (χ4v) is 6.23. The van der Waals surface area contributed by atoms with Gasteiger partial charge in [0.2, 0.25) is 5.91 Å². The van der Waals surface area contributed by atoms with E-state index in [9.17, 15) is 9.18 Å². The molecule has 1 aliphatic heterocycles. The molecule has 31 heavy (non-hydrogen) atoms. The molecule has 3 heterocycles. The van der Waals surface area contributed by atoms with Gasteiger partial charge in [-0.2, -0.15) is 0 Å². The second-order valence-corrected chi connectivity index (χ2v) is 10.8. The summed E-state index contributed by atoms with van der Waals surface area (Å²) in [5.74, 6) is 1.77. The number of amides is 1. The van der Waals surface area contributed by atoms with Crippen LogP contribution in [0.2, 0.25) is 0 Å². The highest BCUT2D eigenvalue weighted by Crippen LogP contribution is 2.33. The number of thioether (sulfide) groups is 1. The average Bonchev–Trinajstić information content (AvgIpc) is 3.38. The molecule has 1 aromatic carbocycles. The summed E-state index contributed by atoms with van der Waals surface area (Å²) in [4.78, 5) is 14.8. The highest BCUT2D eigenvalue weighted by atomic mass is 32.2. The maximum absolute atomic E-state index is 13.4. The third-order valence-corrected chi connectivity index (χ3v) is 8.30. The van der Waals surface area contributed by atoms with Crippen LogP contribution in [0.5, 0.6) is 0 Å². The van der Waals surface area contributed by atoms with Crippen molar-refractivity contribution in [1.82, 2.24) is 15.4 Å². The Bertz CT molecular complexity index is 1030. The minimum atomic E-state index is -0.289. The molecule has 1 aliphatic rings. The fraction of sp³-hybridized carbons (Fsp3) is 0.478. The van der Waals surface area contributed by atoms with Gasteiger partial charge in [-0.25, -0.2) is 4.39 Å². The van der Waals surface area contributed by atoms with Gasteiger partial charge in [-0.3, -0.25) is 4.79 Å². The number of likely N-dealkylation sites (tertiary alicyclic amines) is 1. The number of benzene rings is 1. The molecule has 4 rings (SSSR count). The van der Waals surface area contributed by atoms with Gasteiger partial charge < -0.3 is 14.7 Å². The lowest BCUT2D eigenvalue weighted by atomic mass is 9.91. The molecule has 3 aromatic rings. The van der Waals surface area contributed by atoms with Crippen molar-refractivity contribution < 1.29 is 13.7 Å². The first-order chi connectivity index (χ1) is 15.0. The lowest BCUT2D eigenvalue weighted by molar-refractivity contribution is -0.119. The molecule has 8 heteroatoms. The smallest absolute Gasteiger partial charge is 0.217 e. The SMILES string of the molecule is CC(=O)NCc1ccc(SCC(C)CN2CCC(c3noc4cc(F)ccc34)CC2)s1. The van der Waals surface area contributed by atoms with Crippen molar-refractivity contribution >= 4 is 40.0 Å². The van der Waals surface area contributed by atoms with Crippen LogP contribution in [0.4, 0.5) is 4.39 Å². The van der Waals surface area contributed by atoms with Crippen molar-refractivity contribution in [2.45, 2.75) is 43.4 Å². The van der Waals surface area contributed by atoms with E-state index in [0.29, 0.717) is 24.0 Å². The molecule has 0 radical (unpaired) electrons. The van der Waals surface area contributed by atoms with Crippen LogP contribution in [0.3, 0.4) is 0 Å². The van der Waals surface area contributed by atoms with Crippen LogP contribution >= 0.6 is 23.1 Å². The van der Waals surface area contributed by atoms with Crippen molar-refractivity contribution in [2.75, 3.05) is 25.4 Å². The summed E-state index contributed by atoms with van der Waals surface area (Å²) in [6, 6.07) is 8.93. The normalized spacial score (nSPS) is 16.6. The first-order valence-corrected chi connectivity index (χ1v) is 12.5. The number of hydrogen-bond acceptors (Lipinski definition) is 6. The number of thiophene rings is 1. The van der Waals surface area contributed by atoms with Crippen molar-refractivity contribution in [1.29, 1.82) is 0 Å². The molecule has 1 atom stereocenters. The lowest BCUT2D eigenvalue weighted by Gasteiger charge is -2.32. The van der Waals surface area contributed by atoms with E-state index >= 15 is 0 Å². The molecule has 1 fully saturated rings. The Balaban J connectivity index is 1.22. The fourth-order valence-electron chi connectivity index (χ4n) is 4.07. The van der Waals surface area contributed by atoms with Crippen LogP contribution in [0, 0.1) is 11.7 Å². The lowest BCUT2D eigenvalue weighted by Crippen LogP contribution is -2.36. The Labute approximate surface area is 190 Å². The van der Waals surface area contributed by atoms with Gasteiger partial charge in [0.25, 0.3) is 0 Å². The zero-order valence-electron chi connectivity index (χ0n) is 17.9. The molecule has 1 amide bonds. The van der Waals surface area contributed by atoms with Gasteiger partial charge in [0.05, 0.1) is 16.4 Å². The Morgan fingerprint density at radius 3 is 2.94 bits per heavy atom. The van der Waals surface area contributed by atoms with E-state index in [2.05, 4.69) is 34.4 Å². The van der Waals surface area contributed by atoms with Gasteiger partial charge in [-0.05, 0) is 56.1 Å². The summed E-state index contributed by atoms with van der Waals surface area (Å²) in [5, 5.41) is 8.04. The molecule has 5 nitrogen and oxygen atoms in total. The second-order valence-electron chi connectivity index (χ2n) is 8.33. The monoisotopic (exact) mass is 461 g/mol. The van der Waals surface area contributed by atoms with Gasteiger partial charge in [0, 0.05) is 41.5 Å². The zero-order valence-corrected chi connectivity index (χ0v) is 19.5. The predicted molar refractivity (Wildman–Crippen MR) is 124 cm³/mol. The Morgan fingerprint density at radius 2 is 2.16 bits per heavy atom. The summed E-state index contributed by atoms with van der Waals surface area (Å²) in [6.07, 6.45) is 2.10. The molecular formula is C23H28FN3O2S2. The van der Waals surface area contributed by atoms with E-state index in [0.717, 1.165) is 49.3 Å². The molecule has 0 saturated carbocycles. The van der Waals surface area contributed by atoms with Gasteiger partial charge >= 0.3 is 0 Å². The van der Waals surface area contributed by atoms with Gasteiger partial charge in [0.1, 0.15) is 5.82 Å². The number of nitrogens with one attached hydrogen (secondary N) is 1. The van der Waals surface area contributed by atoms with E-state index in [1.54, 1.807) is 24.3 Å². The standard InChI is InChI=1S/C23H28FN3O2S2/c1-15(14-30-22-6-4-19(31-22)12-25-16(2)28)13-27-9-7-17(8-10-27)23-20-5-3-18(24)11-21(20)29-26-23/h3-6,11,15,17H,7-10,12-14H2,1-2H3,(H,25,28). The predicted octanol–water partition coefficient (Wildman–Crippen LogP) is 5.27. The molecule has 166 valence electrons. The Hall–Kier alpha value is -1.90. The van der Waals surface area contributed by atoms with Crippen LogP contribution in [-0.2, 0) is 11.3 Å². The minimum absolute atomic E-state index is 0.00521. The first kappa shape index (κ1) is 22.3. The van der Waals surface area contributed by atoms with Gasteiger partial charge in [-0.1, -0.05) is 12.1 Å². The number of aromatic nitrogens is 1. The van der Waals surface area contributed by atoms with Crippen LogP contribution in [-0.4, -0.2) is 41.4 Å². The average molecular weight is 462 g/mol. The van der Waals surface area contributed by atoms with E-state index in [-0.39, 0.29) is 11.7 Å². The number of halogens is 1. The van der Waals surface area contributed by atoms with Crippen molar-refractivity contribution in [3.8, 4) is 0 Å². The Kier molecular flexibility index (Phi) is 7.30. The molecule has 0 aliphatic carbocycles. The van der Waals surface area contributed by atoms with E-state index in [1.807, 2.05) is 11.8 Å². The van der Waals surface area contributed by atoms with Crippen LogP contribution < -0.4 is 5.32 Å². The van der Waals surface area contributed by atoms with Crippen molar-refractivity contribution in [3.63, 3.8) is 0 Å². The Morgan fingerprint density at radius 1 is 1.35 bits per heavy atom. The van der Waals surface area contributed by atoms with E-state index < -0.39 is 0 Å². The topological polar surface area (TPSA) is 58.4 Å². The minimum Gasteiger partial charge on any atom is -0.356 e. The molecule has 0 spiro atoms. The number of carbonyl (C=O) groups is 1. The summed E-state index contributed by atoms with van der Waals surface area (Å²) in [6.45, 7) is 7.66. The van der Waals surface area contributed by atoms with Gasteiger partial charge in [-0.15, -0.1) is 23.1 Å². The maximum Gasteiger partial charge on any atom is 0.217 e. The number of carbonyl (C=O) groups excluding carboxylic acids is 1. The molecule has 1 unspecified atom stereocenters. The van der Waals surface area contributed by atoms with Crippen LogP contribution in [0.25, 0.3) is 11.0 Å². The highest BCUT2D eigenvalue weighted by molar-refractivity contribution is 8.01. The number of rotatable bonds is 8. The third-order valence-electron chi connectivity index (χ3n) is 5.66. The summed E-state index contributed by atoms with van der Waals surface area (Å²) >= 11 is 3.66. The summed E-state index contributed by atoms with van der Waals surface area (Å²) in [5.41, 5.74) is 1.52. The summed E-state index contributed by atoms with van der Waals surface area (Å²) < 4.78 is 20.0. The molecule has 1 N–H and O–H groups in total. The number of piperidine rings is 1. The van der Waals surface area contributed by atoms with Crippen LogP contribution in [0.1, 0.15) is 43.2 Å². The number of hydrogen-bond donors (Lipinski definition) is 1. The number of fused-ring (bicyclic) bond motifs is 1. The highest BCUT2D eigenvalue weighted by Gasteiger charge is 2.25. The molecule has 1 saturated heterocycles. The maximum atomic E-state index is 13.4.